The van der Waals surface area contributed by atoms with Crippen LogP contribution in [0.25, 0.3) is 11.3 Å². The van der Waals surface area contributed by atoms with Crippen molar-refractivity contribution in [2.24, 2.45) is 10.2 Å². The molecule has 0 radical (unpaired) electrons. The Hall–Kier alpha value is -2.26. The molecule has 2 aromatic carbocycles. The van der Waals surface area contributed by atoms with Crippen molar-refractivity contribution in [3.63, 3.8) is 0 Å². The molecule has 1 aliphatic heterocycles. The first kappa shape index (κ1) is 13.7. The van der Waals surface area contributed by atoms with Crippen LogP contribution in [0, 0.1) is 0 Å². The number of nitrogens with one attached hydrogen (secondary N) is 1. The Morgan fingerprint density at radius 2 is 1.52 bits per heavy atom. The largest absolute Gasteiger partial charge is 0.290 e. The van der Waals surface area contributed by atoms with Gasteiger partial charge in [-0.1, -0.05) is 67.6 Å². The number of nitrogens with zero attached hydrogens (tertiary/aromatic N) is 2. The fourth-order valence-corrected chi connectivity index (χ4v) is 2.50. The molecule has 3 nitrogen and oxygen atoms in total. The molecule has 0 bridgehead atoms. The summed E-state index contributed by atoms with van der Waals surface area (Å²) in [6.45, 7) is 3.09. The molecule has 21 heavy (non-hydrogen) atoms. The van der Waals surface area contributed by atoms with Crippen LogP contribution in [0.3, 0.4) is 0 Å². The van der Waals surface area contributed by atoms with Gasteiger partial charge in [-0.15, -0.1) is 0 Å². The van der Waals surface area contributed by atoms with Gasteiger partial charge < -0.3 is 0 Å². The molecule has 2 aromatic rings. The van der Waals surface area contributed by atoms with Crippen molar-refractivity contribution < 1.29 is 0 Å². The van der Waals surface area contributed by atoms with Gasteiger partial charge in [-0.3, -0.25) is 5.32 Å². The summed E-state index contributed by atoms with van der Waals surface area (Å²) in [7, 11) is 0. The Balaban J connectivity index is 2.04. The molecule has 1 N–H and O–H groups in total. The molecule has 106 valence electrons. The second kappa shape index (κ2) is 6.46. The second-order valence-electron chi connectivity index (χ2n) is 5.07. The van der Waals surface area contributed by atoms with Crippen LogP contribution in [-0.4, -0.2) is 12.7 Å². The van der Waals surface area contributed by atoms with E-state index in [9.17, 15) is 0 Å². The van der Waals surface area contributed by atoms with Crippen molar-refractivity contribution in [3.05, 3.63) is 71.8 Å². The van der Waals surface area contributed by atoms with Crippen LogP contribution in [0.2, 0.25) is 0 Å². The van der Waals surface area contributed by atoms with Crippen molar-refractivity contribution in [1.82, 2.24) is 5.32 Å². The van der Waals surface area contributed by atoms with Crippen molar-refractivity contribution in [1.29, 1.82) is 0 Å². The SMILES string of the molecule is CCCNC1N=NC(c2ccccc2)=C1c1ccccc1. The zero-order chi connectivity index (χ0) is 14.5. The lowest BCUT2D eigenvalue weighted by Crippen LogP contribution is -2.27. The van der Waals surface area contributed by atoms with Crippen LogP contribution < -0.4 is 5.32 Å². The molecule has 3 heteroatoms. The fraction of sp³-hybridized carbons (Fsp3) is 0.222. The average molecular weight is 277 g/mol. The van der Waals surface area contributed by atoms with Crippen molar-refractivity contribution >= 4 is 11.3 Å². The van der Waals surface area contributed by atoms with Gasteiger partial charge in [0.05, 0.1) is 5.70 Å². The normalized spacial score (nSPS) is 17.5. The maximum absolute atomic E-state index is 4.44. The number of hydrogen-bond donors (Lipinski definition) is 1. The minimum Gasteiger partial charge on any atom is -0.290 e. The summed E-state index contributed by atoms with van der Waals surface area (Å²) in [6, 6.07) is 20.6. The highest BCUT2D eigenvalue weighted by molar-refractivity contribution is 5.93. The zero-order valence-electron chi connectivity index (χ0n) is 12.2. The molecule has 1 aliphatic rings. The van der Waals surface area contributed by atoms with E-state index in [-0.39, 0.29) is 6.17 Å². The Labute approximate surface area is 125 Å². The Morgan fingerprint density at radius 1 is 0.905 bits per heavy atom. The lowest BCUT2D eigenvalue weighted by molar-refractivity contribution is 0.610. The summed E-state index contributed by atoms with van der Waals surface area (Å²) in [5.41, 5.74) is 4.42. The van der Waals surface area contributed by atoms with Crippen LogP contribution in [0.1, 0.15) is 24.5 Å². The second-order valence-corrected chi connectivity index (χ2v) is 5.07. The van der Waals surface area contributed by atoms with Crippen LogP contribution >= 0.6 is 0 Å². The quantitative estimate of drug-likeness (QED) is 0.866. The van der Waals surface area contributed by atoms with E-state index < -0.39 is 0 Å². The highest BCUT2D eigenvalue weighted by Gasteiger charge is 2.25. The van der Waals surface area contributed by atoms with Gasteiger partial charge in [0.1, 0.15) is 6.17 Å². The standard InChI is InChI=1S/C18H19N3/c1-2-13-19-18-16(14-9-5-3-6-10-14)17(20-21-18)15-11-7-4-8-12-15/h3-12,18-19H,2,13H2,1H3. The maximum Gasteiger partial charge on any atom is 0.149 e. The highest BCUT2D eigenvalue weighted by atomic mass is 15.3. The van der Waals surface area contributed by atoms with E-state index in [2.05, 4.69) is 58.9 Å². The minimum absolute atomic E-state index is 0.0532. The van der Waals surface area contributed by atoms with Gasteiger partial charge in [0.15, 0.2) is 0 Å². The van der Waals surface area contributed by atoms with Gasteiger partial charge in [-0.2, -0.15) is 10.2 Å². The Morgan fingerprint density at radius 3 is 2.14 bits per heavy atom. The lowest BCUT2D eigenvalue weighted by Gasteiger charge is -2.14. The average Bonchev–Trinajstić information content (AvgIpc) is 2.98. The van der Waals surface area contributed by atoms with Crippen molar-refractivity contribution in [3.8, 4) is 0 Å². The summed E-state index contributed by atoms with van der Waals surface area (Å²) in [5, 5.41) is 12.3. The molecule has 0 aromatic heterocycles. The maximum atomic E-state index is 4.44. The fourth-order valence-electron chi connectivity index (χ4n) is 2.50. The van der Waals surface area contributed by atoms with Crippen LogP contribution in [-0.2, 0) is 0 Å². The van der Waals surface area contributed by atoms with E-state index in [1.54, 1.807) is 0 Å². The van der Waals surface area contributed by atoms with Gasteiger partial charge in [0.2, 0.25) is 0 Å². The monoisotopic (exact) mass is 277 g/mol. The molecule has 0 spiro atoms. The van der Waals surface area contributed by atoms with E-state index in [1.807, 2.05) is 24.3 Å². The molecule has 1 unspecified atom stereocenters. The first-order chi connectivity index (χ1) is 10.4. The van der Waals surface area contributed by atoms with Crippen LogP contribution in [0.4, 0.5) is 0 Å². The number of hydrogen-bond acceptors (Lipinski definition) is 3. The van der Waals surface area contributed by atoms with E-state index in [4.69, 9.17) is 0 Å². The van der Waals surface area contributed by atoms with Gasteiger partial charge in [0, 0.05) is 11.1 Å². The third-order valence-corrected chi connectivity index (χ3v) is 3.52. The smallest absolute Gasteiger partial charge is 0.149 e. The predicted molar refractivity (Wildman–Crippen MR) is 86.6 cm³/mol. The van der Waals surface area contributed by atoms with Gasteiger partial charge in [-0.05, 0) is 18.5 Å². The lowest BCUT2D eigenvalue weighted by atomic mass is 9.98. The molecule has 0 fully saturated rings. The predicted octanol–water partition coefficient (Wildman–Crippen LogP) is 4.35. The molecule has 3 rings (SSSR count). The molecular formula is C18H19N3. The Kier molecular flexibility index (Phi) is 4.22. The molecule has 0 aliphatic carbocycles. The van der Waals surface area contributed by atoms with E-state index in [0.717, 1.165) is 29.8 Å². The summed E-state index contributed by atoms with van der Waals surface area (Å²) >= 11 is 0. The first-order valence-corrected chi connectivity index (χ1v) is 7.39. The zero-order valence-corrected chi connectivity index (χ0v) is 12.2. The third-order valence-electron chi connectivity index (χ3n) is 3.52. The minimum atomic E-state index is -0.0532. The molecule has 1 heterocycles. The van der Waals surface area contributed by atoms with Gasteiger partial charge in [0.25, 0.3) is 0 Å². The number of azo groups is 1. The molecule has 0 saturated carbocycles. The molecular weight excluding hydrogens is 258 g/mol. The molecule has 1 atom stereocenters. The first-order valence-electron chi connectivity index (χ1n) is 7.39. The van der Waals surface area contributed by atoms with Crippen molar-refractivity contribution in [2.75, 3.05) is 6.54 Å². The third kappa shape index (κ3) is 2.93. The highest BCUT2D eigenvalue weighted by Crippen LogP contribution is 2.35. The van der Waals surface area contributed by atoms with E-state index in [0.29, 0.717) is 0 Å². The number of benzene rings is 2. The van der Waals surface area contributed by atoms with E-state index >= 15 is 0 Å². The summed E-state index contributed by atoms with van der Waals surface area (Å²) in [5.74, 6) is 0. The summed E-state index contributed by atoms with van der Waals surface area (Å²) in [6.07, 6.45) is 1.02. The van der Waals surface area contributed by atoms with Gasteiger partial charge >= 0.3 is 0 Å². The summed E-state index contributed by atoms with van der Waals surface area (Å²) < 4.78 is 0. The summed E-state index contributed by atoms with van der Waals surface area (Å²) in [4.78, 5) is 0. The van der Waals surface area contributed by atoms with Crippen molar-refractivity contribution in [2.45, 2.75) is 19.5 Å². The van der Waals surface area contributed by atoms with Crippen LogP contribution in [0.5, 0.6) is 0 Å². The molecule has 0 saturated heterocycles. The van der Waals surface area contributed by atoms with Gasteiger partial charge in [-0.25, -0.2) is 0 Å². The Bertz CT molecular complexity index is 645. The van der Waals surface area contributed by atoms with Crippen LogP contribution in [0.15, 0.2) is 70.9 Å². The topological polar surface area (TPSA) is 36.8 Å². The molecule has 0 amide bonds. The van der Waals surface area contributed by atoms with E-state index in [1.165, 1.54) is 5.56 Å². The number of rotatable bonds is 5.